The predicted octanol–water partition coefficient (Wildman–Crippen LogP) is 3.95. The SMILES string of the molecule is CC(C)c1nc(Cl)cc(Oc2ccccc2[N+](=O)[O-])n1. The largest absolute Gasteiger partial charge is 0.432 e. The molecule has 0 unspecified atom stereocenters. The summed E-state index contributed by atoms with van der Waals surface area (Å²) in [6, 6.07) is 7.50. The second-order valence-corrected chi connectivity index (χ2v) is 4.76. The van der Waals surface area contributed by atoms with Gasteiger partial charge in [-0.05, 0) is 6.07 Å². The number of rotatable bonds is 4. The number of ether oxygens (including phenoxy) is 1. The van der Waals surface area contributed by atoms with E-state index >= 15 is 0 Å². The molecule has 0 spiro atoms. The lowest BCUT2D eigenvalue weighted by molar-refractivity contribution is -0.385. The molecule has 20 heavy (non-hydrogen) atoms. The highest BCUT2D eigenvalue weighted by atomic mass is 35.5. The topological polar surface area (TPSA) is 78.2 Å². The van der Waals surface area contributed by atoms with Crippen LogP contribution in [-0.2, 0) is 0 Å². The smallest absolute Gasteiger partial charge is 0.311 e. The standard InChI is InChI=1S/C13H12ClN3O3/c1-8(2)13-15-11(14)7-12(16-13)20-10-6-4-3-5-9(10)17(18)19/h3-8H,1-2H3. The van der Waals surface area contributed by atoms with Crippen LogP contribution < -0.4 is 4.74 Å². The fourth-order valence-corrected chi connectivity index (χ4v) is 1.71. The molecule has 1 aromatic carbocycles. The fourth-order valence-electron chi connectivity index (χ4n) is 1.53. The van der Waals surface area contributed by atoms with E-state index < -0.39 is 4.92 Å². The molecule has 7 heteroatoms. The number of nitrogens with zero attached hydrogens (tertiary/aromatic N) is 3. The average Bonchev–Trinajstić information content (AvgIpc) is 2.38. The molecular weight excluding hydrogens is 282 g/mol. The molecule has 0 atom stereocenters. The number of para-hydroxylation sites is 2. The molecule has 0 aliphatic heterocycles. The van der Waals surface area contributed by atoms with Gasteiger partial charge in [0, 0.05) is 18.1 Å². The molecule has 0 saturated carbocycles. The second kappa shape index (κ2) is 5.83. The van der Waals surface area contributed by atoms with Crippen molar-refractivity contribution in [3.8, 4) is 11.6 Å². The van der Waals surface area contributed by atoms with E-state index in [1.54, 1.807) is 12.1 Å². The van der Waals surface area contributed by atoms with Crippen LogP contribution in [0.5, 0.6) is 11.6 Å². The van der Waals surface area contributed by atoms with Gasteiger partial charge in [-0.1, -0.05) is 37.6 Å². The van der Waals surface area contributed by atoms with Crippen LogP contribution in [0.25, 0.3) is 0 Å². The third-order valence-corrected chi connectivity index (χ3v) is 2.68. The minimum atomic E-state index is -0.512. The molecule has 2 aromatic rings. The number of benzene rings is 1. The van der Waals surface area contributed by atoms with Crippen LogP contribution in [0.15, 0.2) is 30.3 Å². The number of aromatic nitrogens is 2. The summed E-state index contributed by atoms with van der Waals surface area (Å²) in [6.45, 7) is 3.83. The highest BCUT2D eigenvalue weighted by molar-refractivity contribution is 6.29. The summed E-state index contributed by atoms with van der Waals surface area (Å²) in [5.41, 5.74) is -0.131. The maximum atomic E-state index is 10.9. The van der Waals surface area contributed by atoms with Gasteiger partial charge in [-0.25, -0.2) is 4.98 Å². The van der Waals surface area contributed by atoms with E-state index in [-0.39, 0.29) is 28.4 Å². The number of hydrogen-bond donors (Lipinski definition) is 0. The molecule has 1 aromatic heterocycles. The van der Waals surface area contributed by atoms with Crippen LogP contribution in [0.3, 0.4) is 0 Å². The van der Waals surface area contributed by atoms with Gasteiger partial charge in [0.25, 0.3) is 0 Å². The molecule has 6 nitrogen and oxygen atoms in total. The Hall–Kier alpha value is -2.21. The van der Waals surface area contributed by atoms with E-state index in [0.717, 1.165) is 0 Å². The van der Waals surface area contributed by atoms with Crippen molar-refractivity contribution >= 4 is 17.3 Å². The third kappa shape index (κ3) is 3.21. The fraction of sp³-hybridized carbons (Fsp3) is 0.231. The number of halogens is 1. The summed E-state index contributed by atoms with van der Waals surface area (Å²) in [4.78, 5) is 18.7. The van der Waals surface area contributed by atoms with Crippen molar-refractivity contribution in [2.75, 3.05) is 0 Å². The summed E-state index contributed by atoms with van der Waals surface area (Å²) >= 11 is 5.90. The first-order valence-electron chi connectivity index (χ1n) is 5.93. The maximum Gasteiger partial charge on any atom is 0.311 e. The number of nitro groups is 1. The average molecular weight is 294 g/mol. The zero-order valence-corrected chi connectivity index (χ0v) is 11.7. The van der Waals surface area contributed by atoms with E-state index in [1.165, 1.54) is 18.2 Å². The quantitative estimate of drug-likeness (QED) is 0.484. The highest BCUT2D eigenvalue weighted by Crippen LogP contribution is 2.31. The zero-order valence-electron chi connectivity index (χ0n) is 10.9. The molecule has 0 radical (unpaired) electrons. The van der Waals surface area contributed by atoms with E-state index in [9.17, 15) is 10.1 Å². The van der Waals surface area contributed by atoms with Crippen molar-refractivity contribution in [1.29, 1.82) is 0 Å². The van der Waals surface area contributed by atoms with Gasteiger partial charge in [-0.15, -0.1) is 0 Å². The van der Waals surface area contributed by atoms with Crippen LogP contribution in [0.4, 0.5) is 5.69 Å². The summed E-state index contributed by atoms with van der Waals surface area (Å²) in [5.74, 6) is 0.887. The van der Waals surface area contributed by atoms with Crippen molar-refractivity contribution < 1.29 is 9.66 Å². The molecule has 0 saturated heterocycles. The number of hydrogen-bond acceptors (Lipinski definition) is 5. The van der Waals surface area contributed by atoms with Crippen molar-refractivity contribution in [1.82, 2.24) is 9.97 Å². The molecule has 104 valence electrons. The van der Waals surface area contributed by atoms with E-state index in [4.69, 9.17) is 16.3 Å². The first-order valence-corrected chi connectivity index (χ1v) is 6.31. The molecular formula is C13H12ClN3O3. The summed E-state index contributed by atoms with van der Waals surface area (Å²) in [5, 5.41) is 11.2. The minimum absolute atomic E-state index is 0.0711. The van der Waals surface area contributed by atoms with Gasteiger partial charge < -0.3 is 4.74 Å². The predicted molar refractivity (Wildman–Crippen MR) is 74.3 cm³/mol. The Morgan fingerprint density at radius 2 is 2.00 bits per heavy atom. The molecule has 0 aliphatic rings. The van der Waals surface area contributed by atoms with E-state index in [0.29, 0.717) is 5.82 Å². The van der Waals surface area contributed by atoms with E-state index in [1.807, 2.05) is 13.8 Å². The first kappa shape index (κ1) is 14.2. The summed E-state index contributed by atoms with van der Waals surface area (Å²) in [6.07, 6.45) is 0. The van der Waals surface area contributed by atoms with Gasteiger partial charge in [0.05, 0.1) is 4.92 Å². The van der Waals surface area contributed by atoms with Gasteiger partial charge in [0.2, 0.25) is 11.6 Å². The van der Waals surface area contributed by atoms with Crippen LogP contribution in [-0.4, -0.2) is 14.9 Å². The molecule has 0 N–H and O–H groups in total. The van der Waals surface area contributed by atoms with Crippen LogP contribution in [0.2, 0.25) is 5.15 Å². The molecule has 0 bridgehead atoms. The highest BCUT2D eigenvalue weighted by Gasteiger charge is 2.16. The van der Waals surface area contributed by atoms with Crippen LogP contribution >= 0.6 is 11.6 Å². The van der Waals surface area contributed by atoms with Gasteiger partial charge in [0.1, 0.15) is 11.0 Å². The van der Waals surface area contributed by atoms with E-state index in [2.05, 4.69) is 9.97 Å². The Morgan fingerprint density at radius 3 is 2.65 bits per heavy atom. The van der Waals surface area contributed by atoms with Gasteiger partial charge >= 0.3 is 5.69 Å². The molecule has 0 amide bonds. The monoisotopic (exact) mass is 293 g/mol. The van der Waals surface area contributed by atoms with Gasteiger partial charge in [-0.3, -0.25) is 10.1 Å². The van der Waals surface area contributed by atoms with Crippen molar-refractivity contribution in [3.05, 3.63) is 51.4 Å². The Morgan fingerprint density at radius 1 is 1.30 bits per heavy atom. The van der Waals surface area contributed by atoms with Crippen molar-refractivity contribution in [2.45, 2.75) is 19.8 Å². The molecule has 1 heterocycles. The second-order valence-electron chi connectivity index (χ2n) is 4.37. The Labute approximate surface area is 120 Å². The first-order chi connectivity index (χ1) is 9.47. The lowest BCUT2D eigenvalue weighted by Gasteiger charge is -2.08. The Bertz CT molecular complexity index is 647. The minimum Gasteiger partial charge on any atom is -0.432 e. The number of nitro benzene ring substituents is 1. The van der Waals surface area contributed by atoms with Crippen molar-refractivity contribution in [3.63, 3.8) is 0 Å². The Kier molecular flexibility index (Phi) is 4.14. The lowest BCUT2D eigenvalue weighted by atomic mass is 10.2. The lowest BCUT2D eigenvalue weighted by Crippen LogP contribution is -2.00. The normalized spacial score (nSPS) is 10.6. The molecule has 0 aliphatic carbocycles. The Balaban J connectivity index is 2.38. The summed E-state index contributed by atoms with van der Waals surface area (Å²) in [7, 11) is 0. The summed E-state index contributed by atoms with van der Waals surface area (Å²) < 4.78 is 5.47. The van der Waals surface area contributed by atoms with Gasteiger partial charge in [-0.2, -0.15) is 4.98 Å². The third-order valence-electron chi connectivity index (χ3n) is 2.48. The maximum absolute atomic E-state index is 10.9. The van der Waals surface area contributed by atoms with Gasteiger partial charge in [0.15, 0.2) is 0 Å². The molecule has 2 rings (SSSR count). The zero-order chi connectivity index (χ0) is 14.7. The van der Waals surface area contributed by atoms with Crippen molar-refractivity contribution in [2.24, 2.45) is 0 Å². The van der Waals surface area contributed by atoms with Crippen LogP contribution in [0.1, 0.15) is 25.6 Å². The van der Waals surface area contributed by atoms with Crippen LogP contribution in [0, 0.1) is 10.1 Å². The molecule has 0 fully saturated rings.